The first kappa shape index (κ1) is 13.0. The van der Waals surface area contributed by atoms with Crippen molar-refractivity contribution < 1.29 is 18.3 Å². The fraction of sp³-hybridized carbons (Fsp3) is 0.400. The molecule has 0 aromatic heterocycles. The number of aliphatic hydroxyl groups is 1. The molecule has 1 aromatic rings. The third kappa shape index (κ3) is 2.72. The molecule has 1 rings (SSSR count). The van der Waals surface area contributed by atoms with Gasteiger partial charge in [-0.3, -0.25) is 0 Å². The van der Waals surface area contributed by atoms with Crippen LogP contribution in [0.1, 0.15) is 11.6 Å². The van der Waals surface area contributed by atoms with Crippen LogP contribution < -0.4 is 10.5 Å². The molecule has 0 radical (unpaired) electrons. The second-order valence-corrected chi connectivity index (χ2v) is 5.46. The molecule has 0 fully saturated rings. The van der Waals surface area contributed by atoms with E-state index in [1.54, 1.807) is 6.07 Å². The monoisotopic (exact) mass is 245 g/mol. The summed E-state index contributed by atoms with van der Waals surface area (Å²) in [6, 6.07) is 3.98. The molecule has 1 unspecified atom stereocenters. The quantitative estimate of drug-likeness (QED) is 0.784. The molecule has 5 nitrogen and oxygen atoms in total. The predicted molar refractivity (Wildman–Crippen MR) is 60.1 cm³/mol. The minimum Gasteiger partial charge on any atom is -0.495 e. The molecule has 6 heteroatoms. The largest absolute Gasteiger partial charge is 0.495 e. The SMILES string of the molecule is COc1cc(C(N)CO)ccc1S(C)(=O)=O. The predicted octanol–water partition coefficient (Wildman–Crippen LogP) is 0.0908. The summed E-state index contributed by atoms with van der Waals surface area (Å²) in [5.74, 6) is 0.240. The Balaban J connectivity index is 3.28. The van der Waals surface area contributed by atoms with Gasteiger partial charge in [-0.25, -0.2) is 8.42 Å². The Morgan fingerprint density at radius 2 is 2.12 bits per heavy atom. The number of sulfone groups is 1. The Hall–Kier alpha value is -1.11. The number of ether oxygens (including phenoxy) is 1. The number of hydrogen-bond acceptors (Lipinski definition) is 5. The normalized spacial score (nSPS) is 13.5. The highest BCUT2D eigenvalue weighted by Crippen LogP contribution is 2.26. The van der Waals surface area contributed by atoms with Gasteiger partial charge in [-0.05, 0) is 17.7 Å². The molecular formula is C10H15NO4S. The van der Waals surface area contributed by atoms with E-state index in [0.717, 1.165) is 6.26 Å². The van der Waals surface area contributed by atoms with E-state index in [4.69, 9.17) is 15.6 Å². The Morgan fingerprint density at radius 1 is 1.50 bits per heavy atom. The van der Waals surface area contributed by atoms with Crippen molar-refractivity contribution in [2.45, 2.75) is 10.9 Å². The Labute approximate surface area is 94.8 Å². The van der Waals surface area contributed by atoms with Crippen LogP contribution in [0.15, 0.2) is 23.1 Å². The molecule has 0 amide bonds. The molecule has 0 aliphatic heterocycles. The van der Waals surface area contributed by atoms with Crippen LogP contribution >= 0.6 is 0 Å². The third-order valence-corrected chi connectivity index (χ3v) is 3.35. The maximum Gasteiger partial charge on any atom is 0.179 e. The summed E-state index contributed by atoms with van der Waals surface area (Å²) in [4.78, 5) is 0.115. The van der Waals surface area contributed by atoms with Crippen molar-refractivity contribution in [1.82, 2.24) is 0 Å². The standard InChI is InChI=1S/C10H15NO4S/c1-15-9-5-7(8(11)6-12)3-4-10(9)16(2,13)14/h3-5,8,12H,6,11H2,1-2H3. The van der Waals surface area contributed by atoms with Crippen molar-refractivity contribution in [3.05, 3.63) is 23.8 Å². The van der Waals surface area contributed by atoms with Crippen molar-refractivity contribution in [3.63, 3.8) is 0 Å². The van der Waals surface area contributed by atoms with Crippen LogP contribution in [0.4, 0.5) is 0 Å². The van der Waals surface area contributed by atoms with E-state index in [1.165, 1.54) is 19.2 Å². The lowest BCUT2D eigenvalue weighted by Gasteiger charge is -2.12. The van der Waals surface area contributed by atoms with E-state index in [2.05, 4.69) is 0 Å². The Morgan fingerprint density at radius 3 is 2.56 bits per heavy atom. The number of hydrogen-bond donors (Lipinski definition) is 2. The fourth-order valence-electron chi connectivity index (χ4n) is 1.33. The first-order valence-electron chi connectivity index (χ1n) is 4.64. The highest BCUT2D eigenvalue weighted by molar-refractivity contribution is 7.90. The van der Waals surface area contributed by atoms with Crippen LogP contribution in [-0.2, 0) is 9.84 Å². The lowest BCUT2D eigenvalue weighted by molar-refractivity contribution is 0.267. The van der Waals surface area contributed by atoms with Gasteiger partial charge in [0, 0.05) is 6.26 Å². The van der Waals surface area contributed by atoms with Crippen LogP contribution in [0.3, 0.4) is 0 Å². The molecule has 0 bridgehead atoms. The molecule has 0 saturated carbocycles. The highest BCUT2D eigenvalue weighted by Gasteiger charge is 2.16. The van der Waals surface area contributed by atoms with Crippen molar-refractivity contribution >= 4 is 9.84 Å². The topological polar surface area (TPSA) is 89.6 Å². The second-order valence-electron chi connectivity index (χ2n) is 3.47. The molecule has 0 aliphatic carbocycles. The van der Waals surface area contributed by atoms with Gasteiger partial charge in [0.15, 0.2) is 9.84 Å². The number of aliphatic hydroxyl groups excluding tert-OH is 1. The maximum absolute atomic E-state index is 11.4. The minimum atomic E-state index is -3.32. The summed E-state index contributed by atoms with van der Waals surface area (Å²) in [5, 5.41) is 8.90. The van der Waals surface area contributed by atoms with Gasteiger partial charge in [-0.15, -0.1) is 0 Å². The second kappa shape index (κ2) is 4.82. The lowest BCUT2D eigenvalue weighted by atomic mass is 10.1. The van der Waals surface area contributed by atoms with Crippen molar-refractivity contribution in [2.75, 3.05) is 20.0 Å². The van der Waals surface area contributed by atoms with E-state index in [1.807, 2.05) is 0 Å². The summed E-state index contributed by atoms with van der Waals surface area (Å²) in [7, 11) is -1.94. The van der Waals surface area contributed by atoms with E-state index in [0.29, 0.717) is 5.56 Å². The first-order valence-corrected chi connectivity index (χ1v) is 6.53. The average Bonchev–Trinajstić information content (AvgIpc) is 2.25. The van der Waals surface area contributed by atoms with Gasteiger partial charge >= 0.3 is 0 Å². The van der Waals surface area contributed by atoms with Gasteiger partial charge in [0.05, 0.1) is 19.8 Å². The average molecular weight is 245 g/mol. The van der Waals surface area contributed by atoms with Gasteiger partial charge in [0.2, 0.25) is 0 Å². The molecule has 0 heterocycles. The van der Waals surface area contributed by atoms with E-state index in [9.17, 15) is 8.42 Å². The summed E-state index contributed by atoms with van der Waals surface area (Å²) < 4.78 is 27.8. The Kier molecular flexibility index (Phi) is 3.90. The fourth-order valence-corrected chi connectivity index (χ4v) is 2.15. The van der Waals surface area contributed by atoms with E-state index in [-0.39, 0.29) is 17.3 Å². The number of benzene rings is 1. The van der Waals surface area contributed by atoms with Crippen molar-refractivity contribution in [2.24, 2.45) is 5.73 Å². The molecule has 3 N–H and O–H groups in total. The van der Waals surface area contributed by atoms with Crippen LogP contribution in [-0.4, -0.2) is 33.5 Å². The van der Waals surface area contributed by atoms with Crippen LogP contribution in [0.5, 0.6) is 5.75 Å². The summed E-state index contributed by atoms with van der Waals surface area (Å²) >= 11 is 0. The molecule has 0 aliphatic rings. The van der Waals surface area contributed by atoms with Gasteiger partial charge in [0.1, 0.15) is 10.6 Å². The number of rotatable bonds is 4. The highest BCUT2D eigenvalue weighted by atomic mass is 32.2. The molecular weight excluding hydrogens is 230 g/mol. The molecule has 90 valence electrons. The minimum absolute atomic E-state index is 0.115. The molecule has 0 spiro atoms. The number of nitrogens with two attached hydrogens (primary N) is 1. The summed E-state index contributed by atoms with van der Waals surface area (Å²) in [6.07, 6.45) is 1.11. The van der Waals surface area contributed by atoms with Gasteiger partial charge in [-0.2, -0.15) is 0 Å². The van der Waals surface area contributed by atoms with Crippen LogP contribution in [0.25, 0.3) is 0 Å². The van der Waals surface area contributed by atoms with Crippen LogP contribution in [0, 0.1) is 0 Å². The van der Waals surface area contributed by atoms with E-state index < -0.39 is 15.9 Å². The number of methoxy groups -OCH3 is 1. The van der Waals surface area contributed by atoms with E-state index >= 15 is 0 Å². The smallest absolute Gasteiger partial charge is 0.179 e. The van der Waals surface area contributed by atoms with Crippen molar-refractivity contribution in [3.8, 4) is 5.75 Å². The van der Waals surface area contributed by atoms with Crippen molar-refractivity contribution in [1.29, 1.82) is 0 Å². The lowest BCUT2D eigenvalue weighted by Crippen LogP contribution is -2.15. The first-order chi connectivity index (χ1) is 7.40. The summed E-state index contributed by atoms with van der Waals surface area (Å²) in [6.45, 7) is -0.207. The third-order valence-electron chi connectivity index (χ3n) is 2.21. The molecule has 0 saturated heterocycles. The zero-order chi connectivity index (χ0) is 12.3. The maximum atomic E-state index is 11.4. The molecule has 1 atom stereocenters. The molecule has 1 aromatic carbocycles. The van der Waals surface area contributed by atoms with Gasteiger partial charge in [0.25, 0.3) is 0 Å². The van der Waals surface area contributed by atoms with Gasteiger partial charge < -0.3 is 15.6 Å². The van der Waals surface area contributed by atoms with Crippen LogP contribution in [0.2, 0.25) is 0 Å². The summed E-state index contributed by atoms with van der Waals surface area (Å²) in [5.41, 5.74) is 6.25. The zero-order valence-corrected chi connectivity index (χ0v) is 9.99. The van der Waals surface area contributed by atoms with Gasteiger partial charge in [-0.1, -0.05) is 6.07 Å². The molecule has 16 heavy (non-hydrogen) atoms. The zero-order valence-electron chi connectivity index (χ0n) is 9.17. The Bertz CT molecular complexity index is 470.